The van der Waals surface area contributed by atoms with Gasteiger partial charge >= 0.3 is 0 Å². The normalized spacial score (nSPS) is 15.0. The van der Waals surface area contributed by atoms with Crippen molar-refractivity contribution in [3.8, 4) is 11.3 Å². The molecule has 1 saturated heterocycles. The predicted molar refractivity (Wildman–Crippen MR) is 137 cm³/mol. The molecular formula is C27H28FN7O2. The molecule has 0 aliphatic carbocycles. The number of anilines is 1. The van der Waals surface area contributed by atoms with E-state index in [4.69, 9.17) is 4.98 Å². The van der Waals surface area contributed by atoms with Gasteiger partial charge in [0.05, 0.1) is 24.1 Å². The summed E-state index contributed by atoms with van der Waals surface area (Å²) in [5.74, 6) is -0.133. The predicted octanol–water partition coefficient (Wildman–Crippen LogP) is 2.89. The van der Waals surface area contributed by atoms with Gasteiger partial charge in [-0.05, 0) is 36.4 Å². The maximum atomic E-state index is 13.5. The van der Waals surface area contributed by atoms with Crippen molar-refractivity contribution in [1.82, 2.24) is 29.2 Å². The van der Waals surface area contributed by atoms with Crippen molar-refractivity contribution >= 4 is 23.3 Å². The Morgan fingerprint density at radius 3 is 2.57 bits per heavy atom. The number of fused-ring (bicyclic) bond motifs is 1. The van der Waals surface area contributed by atoms with Gasteiger partial charge in [0.1, 0.15) is 11.6 Å². The van der Waals surface area contributed by atoms with Gasteiger partial charge in [-0.25, -0.2) is 14.4 Å². The highest BCUT2D eigenvalue weighted by Gasteiger charge is 2.27. The standard InChI is InChI=1S/C27H28FN7O2/c1-19(16-22-26(20-5-7-21(28)8-6-20)32-24-17-29-10-11-35(22)24)27(37)34-14-12-33(13-15-34)18-25(36)31-23-4-2-3-9-30-23/h2-11,17,19H,12-16,18H2,1H3,(H,30,31,36). The van der Waals surface area contributed by atoms with Crippen LogP contribution in [0.25, 0.3) is 16.9 Å². The largest absolute Gasteiger partial charge is 0.340 e. The maximum Gasteiger partial charge on any atom is 0.239 e. The zero-order valence-corrected chi connectivity index (χ0v) is 20.5. The molecule has 3 aromatic heterocycles. The molecule has 37 heavy (non-hydrogen) atoms. The van der Waals surface area contributed by atoms with Crippen LogP contribution in [-0.4, -0.2) is 73.7 Å². The molecule has 4 heterocycles. The maximum absolute atomic E-state index is 13.5. The lowest BCUT2D eigenvalue weighted by Gasteiger charge is -2.35. The molecule has 1 fully saturated rings. The summed E-state index contributed by atoms with van der Waals surface area (Å²) < 4.78 is 15.4. The molecule has 0 bridgehead atoms. The van der Waals surface area contributed by atoms with Crippen LogP contribution in [0.3, 0.4) is 0 Å². The Morgan fingerprint density at radius 1 is 1.05 bits per heavy atom. The minimum atomic E-state index is -0.312. The summed E-state index contributed by atoms with van der Waals surface area (Å²) in [5, 5.41) is 2.80. The number of pyridine rings is 1. The first-order chi connectivity index (χ1) is 18.0. The van der Waals surface area contributed by atoms with E-state index in [0.717, 1.165) is 17.0 Å². The number of hydrogen-bond acceptors (Lipinski definition) is 6. The molecule has 10 heteroatoms. The van der Waals surface area contributed by atoms with E-state index in [9.17, 15) is 14.0 Å². The van der Waals surface area contributed by atoms with Gasteiger partial charge in [-0.3, -0.25) is 19.5 Å². The SMILES string of the molecule is CC(Cc1c(-c2ccc(F)cc2)nc2cnccn12)C(=O)N1CCN(CC(=O)Nc2ccccn2)CC1. The van der Waals surface area contributed by atoms with Crippen molar-refractivity contribution in [2.75, 3.05) is 38.0 Å². The fraction of sp³-hybridized carbons (Fsp3) is 0.296. The Kier molecular flexibility index (Phi) is 7.18. The number of amides is 2. The summed E-state index contributed by atoms with van der Waals surface area (Å²) in [6.07, 6.45) is 7.29. The second kappa shape index (κ2) is 10.8. The third kappa shape index (κ3) is 5.64. The Hall–Kier alpha value is -4.18. The van der Waals surface area contributed by atoms with Crippen LogP contribution in [0.4, 0.5) is 10.2 Å². The van der Waals surface area contributed by atoms with Gasteiger partial charge in [-0.2, -0.15) is 0 Å². The van der Waals surface area contributed by atoms with Gasteiger partial charge < -0.3 is 14.6 Å². The fourth-order valence-corrected chi connectivity index (χ4v) is 4.63. The number of carbonyl (C=O) groups is 2. The first kappa shape index (κ1) is 24.5. The minimum absolute atomic E-state index is 0.0617. The highest BCUT2D eigenvalue weighted by Crippen LogP contribution is 2.27. The molecule has 1 aliphatic heterocycles. The number of nitrogens with zero attached hydrogens (tertiary/aromatic N) is 6. The second-order valence-electron chi connectivity index (χ2n) is 9.19. The summed E-state index contributed by atoms with van der Waals surface area (Å²) in [6, 6.07) is 11.6. The fourth-order valence-electron chi connectivity index (χ4n) is 4.63. The number of piperazine rings is 1. The molecule has 5 rings (SSSR count). The van der Waals surface area contributed by atoms with E-state index < -0.39 is 0 Å². The average molecular weight is 502 g/mol. The molecule has 190 valence electrons. The zero-order valence-electron chi connectivity index (χ0n) is 20.5. The van der Waals surface area contributed by atoms with E-state index in [0.29, 0.717) is 44.1 Å². The number of aromatic nitrogens is 4. The van der Waals surface area contributed by atoms with Crippen LogP contribution < -0.4 is 5.32 Å². The molecule has 1 atom stereocenters. The van der Waals surface area contributed by atoms with E-state index in [1.165, 1.54) is 12.1 Å². The summed E-state index contributed by atoms with van der Waals surface area (Å²) in [5.41, 5.74) is 3.07. The zero-order chi connectivity index (χ0) is 25.8. The third-order valence-electron chi connectivity index (χ3n) is 6.55. The molecule has 1 aliphatic rings. The van der Waals surface area contributed by atoms with E-state index >= 15 is 0 Å². The van der Waals surface area contributed by atoms with Crippen LogP contribution in [-0.2, 0) is 16.0 Å². The van der Waals surface area contributed by atoms with Crippen LogP contribution in [0.15, 0.2) is 67.3 Å². The molecule has 1 N–H and O–H groups in total. The van der Waals surface area contributed by atoms with Gasteiger partial charge in [0.2, 0.25) is 11.8 Å². The van der Waals surface area contributed by atoms with Gasteiger partial charge in [-0.1, -0.05) is 13.0 Å². The van der Waals surface area contributed by atoms with E-state index in [1.807, 2.05) is 33.4 Å². The Morgan fingerprint density at radius 2 is 1.84 bits per heavy atom. The molecule has 2 amide bonds. The van der Waals surface area contributed by atoms with E-state index in [2.05, 4.69) is 15.3 Å². The first-order valence-corrected chi connectivity index (χ1v) is 12.3. The van der Waals surface area contributed by atoms with Crippen molar-refractivity contribution in [1.29, 1.82) is 0 Å². The number of carbonyl (C=O) groups excluding carboxylic acids is 2. The van der Waals surface area contributed by atoms with Crippen LogP contribution in [0.2, 0.25) is 0 Å². The van der Waals surface area contributed by atoms with Gasteiger partial charge in [0.15, 0.2) is 5.65 Å². The minimum Gasteiger partial charge on any atom is -0.340 e. The van der Waals surface area contributed by atoms with Crippen molar-refractivity contribution in [2.24, 2.45) is 5.92 Å². The molecule has 0 saturated carbocycles. The molecular weight excluding hydrogens is 473 g/mol. The Labute approximate surface area is 214 Å². The molecule has 9 nitrogen and oxygen atoms in total. The number of benzene rings is 1. The highest BCUT2D eigenvalue weighted by molar-refractivity contribution is 5.91. The molecule has 1 aromatic carbocycles. The third-order valence-corrected chi connectivity index (χ3v) is 6.55. The Bertz CT molecular complexity index is 1380. The summed E-state index contributed by atoms with van der Waals surface area (Å²) in [4.78, 5) is 42.6. The summed E-state index contributed by atoms with van der Waals surface area (Å²) >= 11 is 0. The first-order valence-electron chi connectivity index (χ1n) is 12.3. The van der Waals surface area contributed by atoms with Crippen LogP contribution in [0, 0.1) is 11.7 Å². The number of halogens is 1. The number of rotatable bonds is 7. The second-order valence-corrected chi connectivity index (χ2v) is 9.19. The van der Waals surface area contributed by atoms with Gasteiger partial charge in [0.25, 0.3) is 0 Å². The number of hydrogen-bond donors (Lipinski definition) is 1. The molecule has 4 aromatic rings. The highest BCUT2D eigenvalue weighted by atomic mass is 19.1. The smallest absolute Gasteiger partial charge is 0.239 e. The lowest BCUT2D eigenvalue weighted by Crippen LogP contribution is -2.51. The molecule has 0 spiro atoms. The number of nitrogens with one attached hydrogen (secondary N) is 1. The molecule has 0 radical (unpaired) electrons. The van der Waals surface area contributed by atoms with Crippen molar-refractivity contribution in [3.05, 3.63) is 78.8 Å². The summed E-state index contributed by atoms with van der Waals surface area (Å²) in [7, 11) is 0. The summed E-state index contributed by atoms with van der Waals surface area (Å²) in [6.45, 7) is 4.53. The van der Waals surface area contributed by atoms with E-state index in [-0.39, 0.29) is 30.1 Å². The lowest BCUT2D eigenvalue weighted by molar-refractivity contribution is -0.136. The quantitative estimate of drug-likeness (QED) is 0.419. The van der Waals surface area contributed by atoms with Crippen molar-refractivity contribution in [3.63, 3.8) is 0 Å². The van der Waals surface area contributed by atoms with Crippen molar-refractivity contribution < 1.29 is 14.0 Å². The average Bonchev–Trinajstić information content (AvgIpc) is 3.28. The Balaban J connectivity index is 1.22. The van der Waals surface area contributed by atoms with Crippen molar-refractivity contribution in [2.45, 2.75) is 13.3 Å². The van der Waals surface area contributed by atoms with Crippen LogP contribution in [0.1, 0.15) is 12.6 Å². The number of imidazole rings is 1. The van der Waals surface area contributed by atoms with Crippen LogP contribution >= 0.6 is 0 Å². The van der Waals surface area contributed by atoms with Gasteiger partial charge in [-0.15, -0.1) is 0 Å². The lowest BCUT2D eigenvalue weighted by atomic mass is 9.99. The van der Waals surface area contributed by atoms with Gasteiger partial charge in [0, 0.05) is 62.7 Å². The topological polar surface area (TPSA) is 95.7 Å². The molecule has 1 unspecified atom stereocenters. The monoisotopic (exact) mass is 501 g/mol. The van der Waals surface area contributed by atoms with E-state index in [1.54, 1.807) is 42.9 Å². The van der Waals surface area contributed by atoms with Crippen LogP contribution in [0.5, 0.6) is 0 Å².